The number of oxime groups is 1. The zero-order valence-corrected chi connectivity index (χ0v) is 14.4. The lowest BCUT2D eigenvalue weighted by molar-refractivity contribution is -0.130. The highest BCUT2D eigenvalue weighted by atomic mass is 35.5. The number of ether oxygens (including phenoxy) is 1. The average Bonchev–Trinajstić information content (AvgIpc) is 2.61. The Balaban J connectivity index is 1.99. The van der Waals surface area contributed by atoms with Gasteiger partial charge >= 0.3 is 5.97 Å². The van der Waals surface area contributed by atoms with Gasteiger partial charge in [-0.1, -0.05) is 53.2 Å². The molecule has 5 nitrogen and oxygen atoms in total. The summed E-state index contributed by atoms with van der Waals surface area (Å²) >= 11 is 5.82. The highest BCUT2D eigenvalue weighted by Crippen LogP contribution is 2.20. The summed E-state index contributed by atoms with van der Waals surface area (Å²) in [4.78, 5) is 16.6. The van der Waals surface area contributed by atoms with Gasteiger partial charge in [0.2, 0.25) is 0 Å². The maximum atomic E-state index is 11.4. The fourth-order valence-electron chi connectivity index (χ4n) is 2.19. The molecule has 1 N–H and O–H groups in total. The van der Waals surface area contributed by atoms with Gasteiger partial charge in [0.05, 0.1) is 13.4 Å². The van der Waals surface area contributed by atoms with E-state index in [4.69, 9.17) is 21.2 Å². The molecule has 0 aromatic heterocycles. The zero-order valence-electron chi connectivity index (χ0n) is 13.7. The molecule has 0 amide bonds. The van der Waals surface area contributed by atoms with Crippen molar-refractivity contribution in [3.8, 4) is 0 Å². The van der Waals surface area contributed by atoms with Gasteiger partial charge in [0, 0.05) is 17.7 Å². The second kappa shape index (κ2) is 9.49. The molecule has 0 saturated carbocycles. The van der Waals surface area contributed by atoms with E-state index in [1.165, 1.54) is 13.4 Å². The molecule has 0 atom stereocenters. The topological polar surface area (TPSA) is 68.1 Å². The molecular weight excluding hydrogens is 342 g/mol. The van der Waals surface area contributed by atoms with Crippen LogP contribution in [0.4, 0.5) is 0 Å². The van der Waals surface area contributed by atoms with E-state index < -0.39 is 5.97 Å². The summed E-state index contributed by atoms with van der Waals surface area (Å²) in [6.45, 7) is 0.333. The molecular formula is C19H18ClNO4. The predicted molar refractivity (Wildman–Crippen MR) is 97.5 cm³/mol. The smallest absolute Gasteiger partial charge is 0.339 e. The van der Waals surface area contributed by atoms with Gasteiger partial charge in [0.15, 0.2) is 0 Å². The second-order valence-electron chi connectivity index (χ2n) is 5.12. The lowest BCUT2D eigenvalue weighted by Crippen LogP contribution is -2.04. The van der Waals surface area contributed by atoms with Gasteiger partial charge in [0.25, 0.3) is 0 Å². The molecule has 2 aromatic carbocycles. The van der Waals surface area contributed by atoms with Crippen molar-refractivity contribution in [1.29, 1.82) is 0 Å². The number of benzene rings is 2. The number of rotatable bonds is 8. The van der Waals surface area contributed by atoms with Crippen molar-refractivity contribution in [2.45, 2.75) is 13.0 Å². The summed E-state index contributed by atoms with van der Waals surface area (Å²) in [6, 6.07) is 14.5. The Labute approximate surface area is 151 Å². The van der Waals surface area contributed by atoms with Gasteiger partial charge < -0.3 is 14.7 Å². The summed E-state index contributed by atoms with van der Waals surface area (Å²) in [6.07, 6.45) is 3.25. The van der Waals surface area contributed by atoms with Gasteiger partial charge in [-0.3, -0.25) is 0 Å². The standard InChI is InChI=1S/C19H18ClNO4/c1-24-13-18(19(22)23)17-5-3-2-4-15(17)10-11-21-25-12-14-6-8-16(20)9-7-14/h2-9,11,13H,10,12H2,1H3,(H,22,23)/b18-13+,21-11?. The summed E-state index contributed by atoms with van der Waals surface area (Å²) in [7, 11) is 1.41. The van der Waals surface area contributed by atoms with Gasteiger partial charge in [0.1, 0.15) is 12.2 Å². The third-order valence-electron chi connectivity index (χ3n) is 3.38. The maximum absolute atomic E-state index is 11.4. The Kier molecular flexibility index (Phi) is 7.04. The lowest BCUT2D eigenvalue weighted by Gasteiger charge is -2.08. The van der Waals surface area contributed by atoms with Crippen molar-refractivity contribution in [2.24, 2.45) is 5.16 Å². The lowest BCUT2D eigenvalue weighted by atomic mass is 9.99. The van der Waals surface area contributed by atoms with E-state index in [0.29, 0.717) is 23.6 Å². The van der Waals surface area contributed by atoms with Crippen LogP contribution in [-0.2, 0) is 27.4 Å². The molecule has 0 heterocycles. The quantitative estimate of drug-likeness (QED) is 0.332. The van der Waals surface area contributed by atoms with Gasteiger partial charge in [-0.05, 0) is 28.8 Å². The maximum Gasteiger partial charge on any atom is 0.339 e. The molecule has 0 aliphatic carbocycles. The molecule has 0 unspecified atom stereocenters. The van der Waals surface area contributed by atoms with Crippen LogP contribution < -0.4 is 0 Å². The number of aliphatic carboxylic acids is 1. The van der Waals surface area contributed by atoms with E-state index >= 15 is 0 Å². The number of carboxylic acids is 1. The van der Waals surface area contributed by atoms with E-state index in [1.54, 1.807) is 30.5 Å². The van der Waals surface area contributed by atoms with Crippen molar-refractivity contribution < 1.29 is 19.5 Å². The van der Waals surface area contributed by atoms with Crippen LogP contribution in [0.1, 0.15) is 16.7 Å². The minimum Gasteiger partial charge on any atom is -0.503 e. The van der Waals surface area contributed by atoms with E-state index in [2.05, 4.69) is 5.16 Å². The van der Waals surface area contributed by atoms with Gasteiger partial charge in [-0.25, -0.2) is 4.79 Å². The van der Waals surface area contributed by atoms with E-state index in [1.807, 2.05) is 24.3 Å². The second-order valence-corrected chi connectivity index (χ2v) is 5.56. The number of carboxylic acid groups (broad SMARTS) is 1. The fourth-order valence-corrected chi connectivity index (χ4v) is 2.31. The van der Waals surface area contributed by atoms with Crippen molar-refractivity contribution in [2.75, 3.05) is 7.11 Å². The van der Waals surface area contributed by atoms with Gasteiger partial charge in [-0.2, -0.15) is 0 Å². The van der Waals surface area contributed by atoms with Crippen molar-refractivity contribution >= 4 is 29.4 Å². The Morgan fingerprint density at radius 1 is 1.20 bits per heavy atom. The molecule has 0 spiro atoms. The third-order valence-corrected chi connectivity index (χ3v) is 3.63. The highest BCUT2D eigenvalue weighted by molar-refractivity contribution is 6.30. The molecule has 0 aliphatic rings. The number of hydrogen-bond donors (Lipinski definition) is 1. The SMILES string of the molecule is CO/C=C(/C(=O)O)c1ccccc1CC=NOCc1ccc(Cl)cc1. The third kappa shape index (κ3) is 5.65. The largest absolute Gasteiger partial charge is 0.503 e. The molecule has 0 saturated heterocycles. The van der Waals surface area contributed by atoms with E-state index in [0.717, 1.165) is 11.1 Å². The van der Waals surface area contributed by atoms with E-state index in [-0.39, 0.29) is 5.57 Å². The van der Waals surface area contributed by atoms with E-state index in [9.17, 15) is 9.90 Å². The van der Waals surface area contributed by atoms with Crippen LogP contribution in [0.2, 0.25) is 5.02 Å². The van der Waals surface area contributed by atoms with Crippen LogP contribution in [0.3, 0.4) is 0 Å². The first kappa shape index (κ1) is 18.5. The normalized spacial score (nSPS) is 11.5. The van der Waals surface area contributed by atoms with Gasteiger partial charge in [-0.15, -0.1) is 0 Å². The van der Waals surface area contributed by atoms with Crippen molar-refractivity contribution in [3.05, 3.63) is 76.5 Å². The Hall–Kier alpha value is -2.79. The number of halogens is 1. The Morgan fingerprint density at radius 3 is 2.60 bits per heavy atom. The molecule has 0 fully saturated rings. The molecule has 2 aromatic rings. The van der Waals surface area contributed by atoms with Crippen LogP contribution in [0.25, 0.3) is 5.57 Å². The Morgan fingerprint density at radius 2 is 1.92 bits per heavy atom. The average molecular weight is 360 g/mol. The minimum atomic E-state index is -1.05. The molecule has 130 valence electrons. The van der Waals surface area contributed by atoms with Crippen LogP contribution in [0, 0.1) is 0 Å². The number of nitrogens with zero attached hydrogens (tertiary/aromatic N) is 1. The molecule has 0 bridgehead atoms. The number of methoxy groups -OCH3 is 1. The summed E-state index contributed by atoms with van der Waals surface area (Å²) in [5.41, 5.74) is 2.44. The summed E-state index contributed by atoms with van der Waals surface area (Å²) in [5, 5.41) is 13.9. The van der Waals surface area contributed by atoms with Crippen molar-refractivity contribution in [3.63, 3.8) is 0 Å². The molecule has 6 heteroatoms. The highest BCUT2D eigenvalue weighted by Gasteiger charge is 2.14. The fraction of sp³-hybridized carbons (Fsp3) is 0.158. The first-order valence-electron chi connectivity index (χ1n) is 7.54. The first-order chi connectivity index (χ1) is 12.1. The van der Waals surface area contributed by atoms with Crippen LogP contribution in [0.5, 0.6) is 0 Å². The molecule has 2 rings (SSSR count). The molecule has 0 aliphatic heterocycles. The van der Waals surface area contributed by atoms with Crippen LogP contribution in [0.15, 0.2) is 59.9 Å². The minimum absolute atomic E-state index is 0.0913. The Bertz CT molecular complexity index is 769. The summed E-state index contributed by atoms with van der Waals surface area (Å²) in [5.74, 6) is -1.05. The van der Waals surface area contributed by atoms with Crippen LogP contribution >= 0.6 is 11.6 Å². The molecule has 25 heavy (non-hydrogen) atoms. The van der Waals surface area contributed by atoms with Crippen molar-refractivity contribution in [1.82, 2.24) is 0 Å². The van der Waals surface area contributed by atoms with Crippen LogP contribution in [-0.4, -0.2) is 24.4 Å². The predicted octanol–water partition coefficient (Wildman–Crippen LogP) is 4.16. The molecule has 0 radical (unpaired) electrons. The number of hydrogen-bond acceptors (Lipinski definition) is 4. The monoisotopic (exact) mass is 359 g/mol. The first-order valence-corrected chi connectivity index (χ1v) is 7.92. The summed E-state index contributed by atoms with van der Waals surface area (Å²) < 4.78 is 4.86. The zero-order chi connectivity index (χ0) is 18.1. The number of carbonyl (C=O) groups is 1.